The summed E-state index contributed by atoms with van der Waals surface area (Å²) in [5.74, 6) is 0.781. The lowest BCUT2D eigenvalue weighted by atomic mass is 9.87. The Morgan fingerprint density at radius 3 is 2.54 bits per heavy atom. The van der Waals surface area contributed by atoms with Crippen molar-refractivity contribution in [2.45, 2.75) is 78.7 Å². The highest BCUT2D eigenvalue weighted by Crippen LogP contribution is 2.43. The second-order valence-electron chi connectivity index (χ2n) is 7.06. The third-order valence-corrected chi connectivity index (χ3v) is 5.18. The molecule has 0 spiro atoms. The molecule has 1 N–H and O–H groups in total. The predicted octanol–water partition coefficient (Wildman–Crippen LogP) is 4.52. The maximum atomic E-state index is 12.5. The molecular formula is C20H30O4. The highest BCUT2D eigenvalue weighted by molar-refractivity contribution is 5.80. The summed E-state index contributed by atoms with van der Waals surface area (Å²) in [7, 11) is 0. The van der Waals surface area contributed by atoms with Crippen molar-refractivity contribution >= 4 is 5.97 Å². The molecule has 0 saturated carbocycles. The number of hydrogen-bond donors (Lipinski definition) is 1. The molecule has 1 aliphatic heterocycles. The Bertz CT molecular complexity index is 621. The molecule has 1 aromatic rings. The van der Waals surface area contributed by atoms with E-state index in [2.05, 4.69) is 6.92 Å². The molecule has 1 heterocycles. The van der Waals surface area contributed by atoms with Gasteiger partial charge in [0, 0.05) is 12.0 Å². The molecule has 0 aromatic heterocycles. The Balaban J connectivity index is 2.12. The Labute approximate surface area is 145 Å². The maximum absolute atomic E-state index is 12.5. The van der Waals surface area contributed by atoms with Crippen molar-refractivity contribution in [2.75, 3.05) is 6.61 Å². The van der Waals surface area contributed by atoms with Crippen molar-refractivity contribution < 1.29 is 19.4 Å². The molecule has 134 valence electrons. The molecule has 1 aromatic carbocycles. The molecule has 24 heavy (non-hydrogen) atoms. The molecule has 0 saturated heterocycles. The van der Waals surface area contributed by atoms with Gasteiger partial charge in [-0.3, -0.25) is 0 Å². The number of phenols is 1. The third kappa shape index (κ3) is 3.52. The van der Waals surface area contributed by atoms with Crippen LogP contribution in [0.2, 0.25) is 0 Å². The second kappa shape index (κ2) is 7.45. The topological polar surface area (TPSA) is 55.8 Å². The number of phenolic OH excluding ortho intramolecular Hbond substituents is 1. The van der Waals surface area contributed by atoms with Crippen LogP contribution in [-0.4, -0.2) is 23.3 Å². The number of ether oxygens (including phenoxy) is 2. The normalized spacial score (nSPS) is 19.5. The summed E-state index contributed by atoms with van der Waals surface area (Å²) < 4.78 is 11.6. The van der Waals surface area contributed by atoms with Gasteiger partial charge in [0.05, 0.1) is 6.61 Å². The van der Waals surface area contributed by atoms with Crippen molar-refractivity contribution in [3.63, 3.8) is 0 Å². The van der Waals surface area contributed by atoms with E-state index >= 15 is 0 Å². The van der Waals surface area contributed by atoms with Crippen molar-refractivity contribution in [3.8, 4) is 11.5 Å². The zero-order chi connectivity index (χ0) is 17.9. The van der Waals surface area contributed by atoms with E-state index in [1.54, 1.807) is 6.92 Å². The van der Waals surface area contributed by atoms with Gasteiger partial charge in [-0.1, -0.05) is 26.2 Å². The monoisotopic (exact) mass is 334 g/mol. The maximum Gasteiger partial charge on any atom is 0.350 e. The number of rotatable bonds is 6. The van der Waals surface area contributed by atoms with Crippen LogP contribution in [0.25, 0.3) is 0 Å². The average molecular weight is 334 g/mol. The second-order valence-corrected chi connectivity index (χ2v) is 7.06. The minimum atomic E-state index is -0.946. The van der Waals surface area contributed by atoms with Gasteiger partial charge in [-0.15, -0.1) is 0 Å². The molecule has 4 heteroatoms. The van der Waals surface area contributed by atoms with Gasteiger partial charge in [-0.05, 0) is 57.2 Å². The SMILES string of the molecule is CCCCCCOC(=O)C1(C)CCc2c(C)c(O)c(C)c(C)c2O1. The molecule has 0 amide bonds. The molecule has 4 nitrogen and oxygen atoms in total. The number of carbonyl (C=O) groups is 1. The van der Waals surface area contributed by atoms with Crippen LogP contribution in [0.5, 0.6) is 11.5 Å². The first-order chi connectivity index (χ1) is 11.3. The first-order valence-electron chi connectivity index (χ1n) is 8.99. The standard InChI is InChI=1S/C20H30O4/c1-6-7-8-9-12-23-19(22)20(5)11-10-16-15(4)17(21)13(2)14(3)18(16)24-20/h21H,6-12H2,1-5H3. The van der Waals surface area contributed by atoms with E-state index in [1.807, 2.05) is 20.8 Å². The third-order valence-electron chi connectivity index (χ3n) is 5.18. The molecule has 2 rings (SSSR count). The molecule has 1 unspecified atom stereocenters. The Morgan fingerprint density at radius 1 is 1.17 bits per heavy atom. The van der Waals surface area contributed by atoms with Crippen LogP contribution < -0.4 is 4.74 Å². The summed E-state index contributed by atoms with van der Waals surface area (Å²) in [6.45, 7) is 10.1. The highest BCUT2D eigenvalue weighted by atomic mass is 16.6. The van der Waals surface area contributed by atoms with Gasteiger partial charge < -0.3 is 14.6 Å². The van der Waals surface area contributed by atoms with E-state index in [-0.39, 0.29) is 5.97 Å². The highest BCUT2D eigenvalue weighted by Gasteiger charge is 2.42. The van der Waals surface area contributed by atoms with E-state index < -0.39 is 5.60 Å². The number of hydrogen-bond acceptors (Lipinski definition) is 4. The van der Waals surface area contributed by atoms with Crippen LogP contribution in [0.4, 0.5) is 0 Å². The van der Waals surface area contributed by atoms with Crippen LogP contribution in [-0.2, 0) is 16.0 Å². The van der Waals surface area contributed by atoms with E-state index in [9.17, 15) is 9.90 Å². The van der Waals surface area contributed by atoms with Gasteiger partial charge in [0.15, 0.2) is 0 Å². The summed E-state index contributed by atoms with van der Waals surface area (Å²) in [4.78, 5) is 12.5. The van der Waals surface area contributed by atoms with Gasteiger partial charge >= 0.3 is 5.97 Å². The van der Waals surface area contributed by atoms with Gasteiger partial charge in [-0.2, -0.15) is 0 Å². The summed E-state index contributed by atoms with van der Waals surface area (Å²) in [5, 5.41) is 10.2. The average Bonchev–Trinajstić information content (AvgIpc) is 2.57. The fourth-order valence-corrected chi connectivity index (χ4v) is 3.24. The minimum Gasteiger partial charge on any atom is -0.507 e. The molecule has 1 aliphatic rings. The Morgan fingerprint density at radius 2 is 1.88 bits per heavy atom. The zero-order valence-electron chi connectivity index (χ0n) is 15.6. The van der Waals surface area contributed by atoms with E-state index in [0.717, 1.165) is 47.3 Å². The van der Waals surface area contributed by atoms with Crippen LogP contribution in [0.1, 0.15) is 68.2 Å². The lowest BCUT2D eigenvalue weighted by Gasteiger charge is -2.35. The van der Waals surface area contributed by atoms with Crippen LogP contribution in [0.15, 0.2) is 0 Å². The van der Waals surface area contributed by atoms with Crippen molar-refractivity contribution in [1.29, 1.82) is 0 Å². The van der Waals surface area contributed by atoms with Gasteiger partial charge in [0.1, 0.15) is 11.5 Å². The lowest BCUT2D eigenvalue weighted by molar-refractivity contribution is -0.162. The number of esters is 1. The number of unbranched alkanes of at least 4 members (excludes halogenated alkanes) is 3. The fourth-order valence-electron chi connectivity index (χ4n) is 3.24. The van der Waals surface area contributed by atoms with Crippen LogP contribution in [0.3, 0.4) is 0 Å². The van der Waals surface area contributed by atoms with Crippen molar-refractivity contribution in [1.82, 2.24) is 0 Å². The fraction of sp³-hybridized carbons (Fsp3) is 0.650. The number of fused-ring (bicyclic) bond motifs is 1. The van der Waals surface area contributed by atoms with E-state index in [1.165, 1.54) is 6.42 Å². The first kappa shape index (κ1) is 18.6. The number of benzene rings is 1. The number of aromatic hydroxyl groups is 1. The molecule has 0 radical (unpaired) electrons. The van der Waals surface area contributed by atoms with E-state index in [0.29, 0.717) is 25.2 Å². The van der Waals surface area contributed by atoms with Gasteiger partial charge in [0.25, 0.3) is 0 Å². The van der Waals surface area contributed by atoms with Gasteiger partial charge in [0.2, 0.25) is 5.60 Å². The zero-order valence-corrected chi connectivity index (χ0v) is 15.6. The molecule has 0 fully saturated rings. The van der Waals surface area contributed by atoms with Crippen LogP contribution >= 0.6 is 0 Å². The van der Waals surface area contributed by atoms with Gasteiger partial charge in [-0.25, -0.2) is 4.79 Å². The molecule has 1 atom stereocenters. The Kier molecular flexibility index (Phi) is 5.79. The van der Waals surface area contributed by atoms with E-state index in [4.69, 9.17) is 9.47 Å². The van der Waals surface area contributed by atoms with Crippen LogP contribution in [0, 0.1) is 20.8 Å². The summed E-state index contributed by atoms with van der Waals surface area (Å²) in [6.07, 6.45) is 5.59. The summed E-state index contributed by atoms with van der Waals surface area (Å²) in [5.41, 5.74) is 2.61. The lowest BCUT2D eigenvalue weighted by Crippen LogP contribution is -2.46. The quantitative estimate of drug-likeness (QED) is 0.613. The largest absolute Gasteiger partial charge is 0.507 e. The Hall–Kier alpha value is -1.71. The van der Waals surface area contributed by atoms with Crippen molar-refractivity contribution in [2.24, 2.45) is 0 Å². The smallest absolute Gasteiger partial charge is 0.350 e. The molecule has 0 aliphatic carbocycles. The first-order valence-corrected chi connectivity index (χ1v) is 8.99. The minimum absolute atomic E-state index is 0.285. The number of carbonyl (C=O) groups excluding carboxylic acids is 1. The predicted molar refractivity (Wildman–Crippen MR) is 94.8 cm³/mol. The summed E-state index contributed by atoms with van der Waals surface area (Å²) in [6, 6.07) is 0. The summed E-state index contributed by atoms with van der Waals surface area (Å²) >= 11 is 0. The molecular weight excluding hydrogens is 304 g/mol. The van der Waals surface area contributed by atoms with Crippen molar-refractivity contribution in [3.05, 3.63) is 22.3 Å². The molecule has 0 bridgehead atoms.